The van der Waals surface area contributed by atoms with Crippen LogP contribution in [0.2, 0.25) is 0 Å². The average molecular weight is 223 g/mol. The van der Waals surface area contributed by atoms with Crippen LogP contribution in [-0.2, 0) is 0 Å². The summed E-state index contributed by atoms with van der Waals surface area (Å²) in [7, 11) is 0. The molecule has 1 rings (SSSR count). The molecule has 0 spiro atoms. The molecule has 2 N–H and O–H groups in total. The Labute approximate surface area is 95.0 Å². The Bertz CT molecular complexity index is 366. The minimum atomic E-state index is -0.342. The maximum Gasteiger partial charge on any atom is 0.295 e. The van der Waals surface area contributed by atoms with E-state index in [-0.39, 0.29) is 10.6 Å². The van der Waals surface area contributed by atoms with Gasteiger partial charge in [-0.3, -0.25) is 10.1 Å². The van der Waals surface area contributed by atoms with E-state index in [1.165, 1.54) is 0 Å². The highest BCUT2D eigenvalue weighted by Gasteiger charge is 2.15. The zero-order chi connectivity index (χ0) is 12.0. The lowest BCUT2D eigenvalue weighted by Gasteiger charge is -2.08. The van der Waals surface area contributed by atoms with Gasteiger partial charge in [-0.2, -0.15) is 0 Å². The first-order valence-corrected chi connectivity index (χ1v) is 5.35. The Balaban J connectivity index is 2.71. The maximum absolute atomic E-state index is 10.9. The van der Waals surface area contributed by atoms with Crippen molar-refractivity contribution in [1.82, 2.24) is 5.32 Å². The summed E-state index contributed by atoms with van der Waals surface area (Å²) < 4.78 is 0. The third-order valence-electron chi connectivity index (χ3n) is 2.29. The molecule has 16 heavy (non-hydrogen) atoms. The molecule has 0 amide bonds. The lowest BCUT2D eigenvalue weighted by Crippen LogP contribution is -2.21. The van der Waals surface area contributed by atoms with E-state index in [2.05, 4.69) is 10.6 Å². The van der Waals surface area contributed by atoms with Crippen LogP contribution in [0.1, 0.15) is 12.5 Å². The molecule has 1 aromatic carbocycles. The molecule has 0 aliphatic rings. The number of nitrogens with one attached hydrogen (secondary N) is 2. The van der Waals surface area contributed by atoms with Crippen LogP contribution in [-0.4, -0.2) is 24.6 Å². The molecule has 0 saturated carbocycles. The summed E-state index contributed by atoms with van der Waals surface area (Å²) in [5.41, 5.74) is 1.43. The highest BCUT2D eigenvalue weighted by atomic mass is 16.6. The molecule has 0 aliphatic heterocycles. The lowest BCUT2D eigenvalue weighted by atomic mass is 10.1. The molecule has 1 aromatic rings. The van der Waals surface area contributed by atoms with Crippen LogP contribution in [0.4, 0.5) is 11.4 Å². The Morgan fingerprint density at radius 2 is 2.12 bits per heavy atom. The fourth-order valence-corrected chi connectivity index (χ4v) is 1.51. The second-order valence-corrected chi connectivity index (χ2v) is 3.51. The number of para-hydroxylation sites is 1. The van der Waals surface area contributed by atoms with E-state index in [1.807, 2.05) is 13.0 Å². The molecule has 0 aromatic heterocycles. The third kappa shape index (κ3) is 3.20. The van der Waals surface area contributed by atoms with Gasteiger partial charge < -0.3 is 10.6 Å². The van der Waals surface area contributed by atoms with Crippen molar-refractivity contribution in [3.05, 3.63) is 33.9 Å². The highest BCUT2D eigenvalue weighted by Crippen LogP contribution is 2.27. The van der Waals surface area contributed by atoms with Gasteiger partial charge in [0, 0.05) is 18.7 Å². The fraction of sp³-hybridized carbons (Fsp3) is 0.455. The fourth-order valence-electron chi connectivity index (χ4n) is 1.51. The average Bonchev–Trinajstić information content (AvgIpc) is 2.24. The molecule has 0 fully saturated rings. The van der Waals surface area contributed by atoms with Gasteiger partial charge in [-0.05, 0) is 19.5 Å². The van der Waals surface area contributed by atoms with E-state index in [0.717, 1.165) is 13.1 Å². The van der Waals surface area contributed by atoms with Gasteiger partial charge in [0.2, 0.25) is 0 Å². The van der Waals surface area contributed by atoms with Crippen molar-refractivity contribution in [3.8, 4) is 0 Å². The maximum atomic E-state index is 10.9. The quantitative estimate of drug-likeness (QED) is 0.439. The van der Waals surface area contributed by atoms with Gasteiger partial charge in [0.05, 0.1) is 4.92 Å². The molecule has 0 heterocycles. The molecule has 0 atom stereocenters. The van der Waals surface area contributed by atoms with Crippen molar-refractivity contribution in [2.24, 2.45) is 0 Å². The van der Waals surface area contributed by atoms with Crippen molar-refractivity contribution >= 4 is 11.4 Å². The third-order valence-corrected chi connectivity index (χ3v) is 2.29. The molecule has 5 heteroatoms. The number of nitro groups is 1. The molecule has 0 radical (unpaired) electrons. The number of hydrogen-bond donors (Lipinski definition) is 2. The predicted molar refractivity (Wildman–Crippen MR) is 64.9 cm³/mol. The number of aryl methyl sites for hydroxylation is 1. The molecule has 5 nitrogen and oxygen atoms in total. The molecule has 0 saturated heterocycles. The molecule has 0 bridgehead atoms. The highest BCUT2D eigenvalue weighted by molar-refractivity contribution is 5.64. The Hall–Kier alpha value is -1.62. The van der Waals surface area contributed by atoms with Gasteiger partial charge >= 0.3 is 0 Å². The van der Waals surface area contributed by atoms with Crippen LogP contribution in [0.15, 0.2) is 18.2 Å². The Morgan fingerprint density at radius 3 is 2.75 bits per heavy atom. The number of rotatable bonds is 6. The van der Waals surface area contributed by atoms with Gasteiger partial charge in [-0.25, -0.2) is 0 Å². The van der Waals surface area contributed by atoms with E-state index < -0.39 is 0 Å². The number of nitro benzene ring substituents is 1. The van der Waals surface area contributed by atoms with Crippen LogP contribution in [0, 0.1) is 17.0 Å². The van der Waals surface area contributed by atoms with Crippen molar-refractivity contribution < 1.29 is 4.92 Å². The molecular weight excluding hydrogens is 206 g/mol. The molecule has 0 unspecified atom stereocenters. The first-order chi connectivity index (χ1) is 7.66. The summed E-state index contributed by atoms with van der Waals surface area (Å²) in [5.74, 6) is 0. The summed E-state index contributed by atoms with van der Waals surface area (Å²) >= 11 is 0. The molecule has 88 valence electrons. The number of nitrogens with zero attached hydrogens (tertiary/aromatic N) is 1. The summed E-state index contributed by atoms with van der Waals surface area (Å²) in [5, 5.41) is 17.1. The topological polar surface area (TPSA) is 67.2 Å². The summed E-state index contributed by atoms with van der Waals surface area (Å²) in [6.07, 6.45) is 0. The monoisotopic (exact) mass is 223 g/mol. The number of hydrogen-bond acceptors (Lipinski definition) is 4. The minimum absolute atomic E-state index is 0.166. The molecule has 0 aliphatic carbocycles. The van der Waals surface area contributed by atoms with E-state index in [0.29, 0.717) is 17.8 Å². The van der Waals surface area contributed by atoms with Gasteiger partial charge in [-0.1, -0.05) is 19.1 Å². The van der Waals surface area contributed by atoms with Gasteiger partial charge in [0.25, 0.3) is 5.69 Å². The van der Waals surface area contributed by atoms with Crippen molar-refractivity contribution in [3.63, 3.8) is 0 Å². The Kier molecular flexibility index (Phi) is 4.72. The van der Waals surface area contributed by atoms with Gasteiger partial charge in [0.15, 0.2) is 0 Å². The molecular formula is C11H17N3O2. The smallest absolute Gasteiger partial charge is 0.295 e. The van der Waals surface area contributed by atoms with Crippen molar-refractivity contribution in [1.29, 1.82) is 0 Å². The van der Waals surface area contributed by atoms with E-state index in [4.69, 9.17) is 0 Å². The largest absolute Gasteiger partial charge is 0.378 e. The second kappa shape index (κ2) is 6.07. The Morgan fingerprint density at radius 1 is 1.38 bits per heavy atom. The van der Waals surface area contributed by atoms with Crippen LogP contribution in [0.3, 0.4) is 0 Å². The van der Waals surface area contributed by atoms with Gasteiger partial charge in [0.1, 0.15) is 5.69 Å². The minimum Gasteiger partial charge on any atom is -0.378 e. The second-order valence-electron chi connectivity index (χ2n) is 3.51. The number of benzene rings is 1. The van der Waals surface area contributed by atoms with Crippen LogP contribution < -0.4 is 10.6 Å². The normalized spacial score (nSPS) is 10.1. The summed E-state index contributed by atoms with van der Waals surface area (Å²) in [4.78, 5) is 10.5. The van der Waals surface area contributed by atoms with Crippen LogP contribution in [0.5, 0.6) is 0 Å². The summed E-state index contributed by atoms with van der Waals surface area (Å²) in [6, 6.07) is 5.29. The van der Waals surface area contributed by atoms with Gasteiger partial charge in [-0.15, -0.1) is 0 Å². The van der Waals surface area contributed by atoms with E-state index in [1.54, 1.807) is 19.1 Å². The van der Waals surface area contributed by atoms with Crippen molar-refractivity contribution in [2.75, 3.05) is 25.0 Å². The number of anilines is 1. The van der Waals surface area contributed by atoms with Crippen LogP contribution in [0.25, 0.3) is 0 Å². The van der Waals surface area contributed by atoms with E-state index in [9.17, 15) is 10.1 Å². The number of likely N-dealkylation sites (N-methyl/N-ethyl adjacent to an activating group) is 1. The zero-order valence-corrected chi connectivity index (χ0v) is 9.62. The summed E-state index contributed by atoms with van der Waals surface area (Å²) in [6.45, 7) is 6.14. The standard InChI is InChI=1S/C11H17N3O2/c1-3-12-7-8-13-10-6-4-5-9(2)11(10)14(15)16/h4-6,12-13H,3,7-8H2,1-2H3. The predicted octanol–water partition coefficient (Wildman–Crippen LogP) is 1.92. The van der Waals surface area contributed by atoms with Crippen molar-refractivity contribution in [2.45, 2.75) is 13.8 Å². The zero-order valence-electron chi connectivity index (χ0n) is 9.62. The van der Waals surface area contributed by atoms with Crippen LogP contribution >= 0.6 is 0 Å². The first kappa shape index (κ1) is 12.4. The first-order valence-electron chi connectivity index (χ1n) is 5.35. The van der Waals surface area contributed by atoms with E-state index >= 15 is 0 Å². The SMILES string of the molecule is CCNCCNc1cccc(C)c1[N+](=O)[O-]. The lowest BCUT2D eigenvalue weighted by molar-refractivity contribution is -0.384.